The van der Waals surface area contributed by atoms with Crippen molar-refractivity contribution in [1.82, 2.24) is 34.4 Å². The van der Waals surface area contributed by atoms with Crippen LogP contribution in [0, 0.1) is 6.92 Å². The molecule has 0 aliphatic carbocycles. The van der Waals surface area contributed by atoms with E-state index in [0.717, 1.165) is 51.3 Å². The number of carbonyl (C=O) groups is 1. The van der Waals surface area contributed by atoms with Gasteiger partial charge in [-0.05, 0) is 30.7 Å². The Balaban J connectivity index is 1.37. The number of nitrogens with one attached hydrogen (secondary N) is 1. The summed E-state index contributed by atoms with van der Waals surface area (Å²) in [6.45, 7) is 3.89. The second-order valence-electron chi connectivity index (χ2n) is 7.80. The molecular formula is C23H19N7O. The number of hydrogen-bond acceptors (Lipinski definition) is 5. The zero-order valence-electron chi connectivity index (χ0n) is 16.9. The van der Waals surface area contributed by atoms with E-state index in [1.807, 2.05) is 48.5 Å². The van der Waals surface area contributed by atoms with Crippen molar-refractivity contribution in [1.29, 1.82) is 0 Å². The van der Waals surface area contributed by atoms with E-state index >= 15 is 0 Å². The Labute approximate surface area is 177 Å². The molecule has 31 heavy (non-hydrogen) atoms. The number of hydrogen-bond donors (Lipinski definition) is 1. The summed E-state index contributed by atoms with van der Waals surface area (Å²) in [6.07, 6.45) is 8.97. The molecule has 0 spiro atoms. The monoisotopic (exact) mass is 409 g/mol. The molecule has 4 aromatic heterocycles. The molecule has 1 aliphatic heterocycles. The summed E-state index contributed by atoms with van der Waals surface area (Å²) in [4.78, 5) is 36.0. The number of rotatable bonds is 2. The molecule has 1 aromatic carbocycles. The molecule has 8 heteroatoms. The number of aromatic nitrogens is 6. The predicted molar refractivity (Wildman–Crippen MR) is 116 cm³/mol. The third-order valence-electron chi connectivity index (χ3n) is 5.77. The van der Waals surface area contributed by atoms with E-state index in [1.54, 1.807) is 18.6 Å². The second kappa shape index (κ2) is 6.73. The minimum Gasteiger partial charge on any atom is -0.346 e. The van der Waals surface area contributed by atoms with Crippen molar-refractivity contribution < 1.29 is 4.79 Å². The third-order valence-corrected chi connectivity index (χ3v) is 5.77. The fourth-order valence-electron chi connectivity index (χ4n) is 4.24. The van der Waals surface area contributed by atoms with Crippen LogP contribution in [-0.2, 0) is 13.1 Å². The van der Waals surface area contributed by atoms with Crippen LogP contribution >= 0.6 is 0 Å². The molecule has 6 rings (SSSR count). The summed E-state index contributed by atoms with van der Waals surface area (Å²) >= 11 is 0. The van der Waals surface area contributed by atoms with Gasteiger partial charge in [0, 0.05) is 55.0 Å². The van der Waals surface area contributed by atoms with Gasteiger partial charge >= 0.3 is 0 Å². The smallest absolute Gasteiger partial charge is 0.255 e. The fraction of sp³-hybridized carbons (Fsp3) is 0.174. The molecule has 5 aromatic rings. The Morgan fingerprint density at radius 1 is 1.06 bits per heavy atom. The van der Waals surface area contributed by atoms with Gasteiger partial charge in [0.1, 0.15) is 11.5 Å². The summed E-state index contributed by atoms with van der Waals surface area (Å²) in [5.74, 6) is 0.892. The van der Waals surface area contributed by atoms with Crippen LogP contribution in [0.15, 0.2) is 55.2 Å². The summed E-state index contributed by atoms with van der Waals surface area (Å²) < 4.78 is 2.12. The second-order valence-corrected chi connectivity index (χ2v) is 7.80. The summed E-state index contributed by atoms with van der Waals surface area (Å²) in [6, 6.07) is 7.90. The average Bonchev–Trinajstić information content (AvgIpc) is 3.39. The highest BCUT2D eigenvalue weighted by atomic mass is 16.2. The van der Waals surface area contributed by atoms with E-state index in [4.69, 9.17) is 0 Å². The average molecular weight is 409 g/mol. The first-order valence-corrected chi connectivity index (χ1v) is 10.2. The van der Waals surface area contributed by atoms with Crippen LogP contribution in [0.25, 0.3) is 33.2 Å². The minimum atomic E-state index is -0.0298. The number of aryl methyl sites for hydroxylation is 1. The van der Waals surface area contributed by atoms with Crippen molar-refractivity contribution >= 4 is 28.0 Å². The first kappa shape index (κ1) is 17.8. The van der Waals surface area contributed by atoms with Crippen LogP contribution < -0.4 is 0 Å². The Kier molecular flexibility index (Phi) is 3.86. The van der Waals surface area contributed by atoms with Crippen molar-refractivity contribution in [3.63, 3.8) is 0 Å². The molecule has 1 aliphatic rings. The van der Waals surface area contributed by atoms with Gasteiger partial charge in [0.2, 0.25) is 0 Å². The van der Waals surface area contributed by atoms with Crippen LogP contribution in [0.2, 0.25) is 0 Å². The van der Waals surface area contributed by atoms with E-state index in [-0.39, 0.29) is 5.91 Å². The number of fused-ring (bicyclic) bond motifs is 3. The number of aromatic amines is 1. The van der Waals surface area contributed by atoms with Gasteiger partial charge in [0.05, 0.1) is 28.8 Å². The Morgan fingerprint density at radius 3 is 2.84 bits per heavy atom. The molecule has 0 bridgehead atoms. The van der Waals surface area contributed by atoms with Gasteiger partial charge in [-0.1, -0.05) is 6.07 Å². The lowest BCUT2D eigenvalue weighted by atomic mass is 10.0. The van der Waals surface area contributed by atoms with Crippen molar-refractivity contribution in [2.45, 2.75) is 20.0 Å². The molecule has 1 amide bonds. The molecular weight excluding hydrogens is 390 g/mol. The molecule has 152 valence electrons. The van der Waals surface area contributed by atoms with Crippen molar-refractivity contribution in [2.24, 2.45) is 0 Å². The lowest BCUT2D eigenvalue weighted by molar-refractivity contribution is 0.0707. The van der Waals surface area contributed by atoms with Crippen molar-refractivity contribution in [3.8, 4) is 11.1 Å². The van der Waals surface area contributed by atoms with Crippen molar-refractivity contribution in [2.75, 3.05) is 6.54 Å². The number of H-pyrrole nitrogens is 1. The predicted octanol–water partition coefficient (Wildman–Crippen LogP) is 3.33. The number of imidazole rings is 1. The van der Waals surface area contributed by atoms with E-state index in [1.165, 1.54) is 0 Å². The maximum atomic E-state index is 13.2. The lowest BCUT2D eigenvalue weighted by Gasteiger charge is -2.27. The van der Waals surface area contributed by atoms with E-state index in [0.29, 0.717) is 18.7 Å². The molecule has 0 unspecified atom stereocenters. The minimum absolute atomic E-state index is 0.0298. The maximum Gasteiger partial charge on any atom is 0.255 e. The molecule has 0 saturated heterocycles. The van der Waals surface area contributed by atoms with Gasteiger partial charge in [-0.15, -0.1) is 0 Å². The third kappa shape index (κ3) is 2.95. The largest absolute Gasteiger partial charge is 0.346 e. The number of benzene rings is 1. The van der Waals surface area contributed by atoms with Crippen molar-refractivity contribution in [3.05, 3.63) is 72.3 Å². The topological polar surface area (TPSA) is 92.6 Å². The highest BCUT2D eigenvalue weighted by molar-refractivity contribution is 6.01. The molecule has 5 heterocycles. The quantitative estimate of drug-likeness (QED) is 0.483. The zero-order chi connectivity index (χ0) is 20.9. The SMILES string of the molecule is Cc1cn2c(n1)CN(C(=O)c1cnc3[nH]cc(-c4ccc5nccnc5c4)c3c1)CC2. The van der Waals surface area contributed by atoms with Gasteiger partial charge < -0.3 is 14.5 Å². The molecule has 0 atom stereocenters. The Bertz CT molecular complexity index is 1470. The van der Waals surface area contributed by atoms with E-state index < -0.39 is 0 Å². The lowest BCUT2D eigenvalue weighted by Crippen LogP contribution is -2.38. The fourth-order valence-corrected chi connectivity index (χ4v) is 4.24. The molecule has 8 nitrogen and oxygen atoms in total. The molecule has 0 radical (unpaired) electrons. The number of nitrogens with zero attached hydrogens (tertiary/aromatic N) is 6. The normalized spacial score (nSPS) is 13.6. The summed E-state index contributed by atoms with van der Waals surface area (Å²) in [5, 5.41) is 0.906. The number of pyridine rings is 1. The van der Waals surface area contributed by atoms with Gasteiger partial charge in [-0.25, -0.2) is 9.97 Å². The maximum absolute atomic E-state index is 13.2. The number of carbonyl (C=O) groups excluding carboxylic acids is 1. The van der Waals surface area contributed by atoms with Gasteiger partial charge in [0.15, 0.2) is 0 Å². The van der Waals surface area contributed by atoms with Gasteiger partial charge in [0.25, 0.3) is 5.91 Å². The standard InChI is InChI=1S/C23H19N7O/c1-14-12-29-6-7-30(13-21(29)28-14)23(31)16-8-17-18(11-27-22(17)26-10-16)15-2-3-19-20(9-15)25-5-4-24-19/h2-5,8-12H,6-7,13H2,1H3,(H,26,27). The summed E-state index contributed by atoms with van der Waals surface area (Å²) in [5.41, 5.74) is 5.95. The van der Waals surface area contributed by atoms with E-state index in [2.05, 4.69) is 29.5 Å². The highest BCUT2D eigenvalue weighted by Gasteiger charge is 2.24. The van der Waals surface area contributed by atoms with Crippen LogP contribution in [0.3, 0.4) is 0 Å². The Morgan fingerprint density at radius 2 is 1.94 bits per heavy atom. The first-order chi connectivity index (χ1) is 15.2. The molecule has 1 N–H and O–H groups in total. The van der Waals surface area contributed by atoms with Crippen LogP contribution in [0.4, 0.5) is 0 Å². The Hall–Kier alpha value is -4.07. The van der Waals surface area contributed by atoms with Crippen LogP contribution in [0.1, 0.15) is 21.9 Å². The van der Waals surface area contributed by atoms with Crippen LogP contribution in [0.5, 0.6) is 0 Å². The molecule has 0 fully saturated rings. The zero-order valence-corrected chi connectivity index (χ0v) is 16.9. The molecule has 0 saturated carbocycles. The first-order valence-electron chi connectivity index (χ1n) is 10.2. The number of amides is 1. The van der Waals surface area contributed by atoms with Crippen LogP contribution in [-0.4, -0.2) is 46.8 Å². The van der Waals surface area contributed by atoms with E-state index in [9.17, 15) is 4.79 Å². The highest BCUT2D eigenvalue weighted by Crippen LogP contribution is 2.30. The summed E-state index contributed by atoms with van der Waals surface area (Å²) in [7, 11) is 0. The van der Waals surface area contributed by atoms with Gasteiger partial charge in [-0.3, -0.25) is 14.8 Å². The van der Waals surface area contributed by atoms with Gasteiger partial charge in [-0.2, -0.15) is 0 Å².